The molecule has 0 amide bonds. The second-order valence-corrected chi connectivity index (χ2v) is 5.62. The van der Waals surface area contributed by atoms with Gasteiger partial charge in [-0.15, -0.1) is 0 Å². The molecule has 0 heterocycles. The van der Waals surface area contributed by atoms with Crippen LogP contribution in [0.1, 0.15) is 32.3 Å². The van der Waals surface area contributed by atoms with Crippen molar-refractivity contribution < 1.29 is 4.74 Å². The van der Waals surface area contributed by atoms with Crippen molar-refractivity contribution in [1.29, 1.82) is 0 Å². The maximum atomic E-state index is 5.68. The van der Waals surface area contributed by atoms with E-state index in [1.54, 1.807) is 0 Å². The molecule has 0 bridgehead atoms. The van der Waals surface area contributed by atoms with E-state index in [1.165, 1.54) is 5.56 Å². The maximum Gasteiger partial charge on any atom is 0.147 e. The van der Waals surface area contributed by atoms with E-state index in [1.807, 2.05) is 0 Å². The molecule has 2 nitrogen and oxygen atoms in total. The number of halogens is 2. The van der Waals surface area contributed by atoms with Crippen molar-refractivity contribution in [2.75, 3.05) is 13.2 Å². The first-order valence-electron chi connectivity index (χ1n) is 6.00. The van der Waals surface area contributed by atoms with Crippen molar-refractivity contribution in [2.24, 2.45) is 0 Å². The van der Waals surface area contributed by atoms with Gasteiger partial charge in [0, 0.05) is 6.54 Å². The highest BCUT2D eigenvalue weighted by Gasteiger charge is 2.08. The first kappa shape index (κ1) is 15.0. The van der Waals surface area contributed by atoms with Crippen LogP contribution >= 0.6 is 31.9 Å². The zero-order valence-electron chi connectivity index (χ0n) is 10.4. The summed E-state index contributed by atoms with van der Waals surface area (Å²) in [7, 11) is 0. The predicted octanol–water partition coefficient (Wildman–Crippen LogP) is 4.50. The third-order valence-electron chi connectivity index (χ3n) is 2.26. The molecular weight excluding hydrogens is 346 g/mol. The molecule has 96 valence electrons. The minimum atomic E-state index is 0.741. The highest BCUT2D eigenvalue weighted by atomic mass is 79.9. The fourth-order valence-corrected chi connectivity index (χ4v) is 2.98. The van der Waals surface area contributed by atoms with E-state index in [2.05, 4.69) is 63.2 Å². The summed E-state index contributed by atoms with van der Waals surface area (Å²) >= 11 is 7.11. The Labute approximate surface area is 120 Å². The van der Waals surface area contributed by atoms with E-state index in [0.717, 1.165) is 47.2 Å². The second kappa shape index (κ2) is 8.11. The minimum absolute atomic E-state index is 0.741. The maximum absolute atomic E-state index is 5.68. The summed E-state index contributed by atoms with van der Waals surface area (Å²) in [5.74, 6) is 0.895. The van der Waals surface area contributed by atoms with Gasteiger partial charge in [0.15, 0.2) is 0 Å². The largest absolute Gasteiger partial charge is 0.491 e. The van der Waals surface area contributed by atoms with Gasteiger partial charge in [0.05, 0.1) is 15.6 Å². The molecule has 0 aliphatic heterocycles. The average molecular weight is 365 g/mol. The van der Waals surface area contributed by atoms with Gasteiger partial charge in [-0.25, -0.2) is 0 Å². The normalized spacial score (nSPS) is 10.6. The van der Waals surface area contributed by atoms with Crippen molar-refractivity contribution in [3.63, 3.8) is 0 Å². The van der Waals surface area contributed by atoms with Gasteiger partial charge in [-0.05, 0) is 68.9 Å². The smallest absolute Gasteiger partial charge is 0.147 e. The van der Waals surface area contributed by atoms with Gasteiger partial charge in [0.25, 0.3) is 0 Å². The molecule has 0 aliphatic carbocycles. The van der Waals surface area contributed by atoms with Crippen molar-refractivity contribution >= 4 is 31.9 Å². The molecule has 17 heavy (non-hydrogen) atoms. The summed E-state index contributed by atoms with van der Waals surface area (Å²) in [6.45, 7) is 6.94. The van der Waals surface area contributed by atoms with Crippen LogP contribution in [0.25, 0.3) is 0 Å². The predicted molar refractivity (Wildman–Crippen MR) is 79.6 cm³/mol. The molecular formula is C13H19Br2NO. The highest BCUT2D eigenvalue weighted by molar-refractivity contribution is 9.11. The Kier molecular flexibility index (Phi) is 7.16. The first-order chi connectivity index (χ1) is 8.19. The number of ether oxygens (including phenoxy) is 1. The SMILES string of the molecule is CCCNCc1cc(Br)c(OCCC)c(Br)c1. The number of rotatable bonds is 7. The quantitative estimate of drug-likeness (QED) is 0.719. The van der Waals surface area contributed by atoms with Gasteiger partial charge in [-0.1, -0.05) is 13.8 Å². The molecule has 1 rings (SSSR count). The minimum Gasteiger partial charge on any atom is -0.491 e. The number of hydrogen-bond acceptors (Lipinski definition) is 2. The summed E-state index contributed by atoms with van der Waals surface area (Å²) in [6.07, 6.45) is 2.17. The average Bonchev–Trinajstić information content (AvgIpc) is 2.28. The molecule has 0 fully saturated rings. The summed E-state index contributed by atoms with van der Waals surface area (Å²) in [6, 6.07) is 4.22. The summed E-state index contributed by atoms with van der Waals surface area (Å²) < 4.78 is 7.70. The molecule has 1 N–H and O–H groups in total. The summed E-state index contributed by atoms with van der Waals surface area (Å²) in [5.41, 5.74) is 1.25. The number of hydrogen-bond donors (Lipinski definition) is 1. The van der Waals surface area contributed by atoms with Crippen molar-refractivity contribution in [2.45, 2.75) is 33.2 Å². The fourth-order valence-electron chi connectivity index (χ4n) is 1.47. The van der Waals surface area contributed by atoms with Crippen LogP contribution in [0.2, 0.25) is 0 Å². The van der Waals surface area contributed by atoms with Gasteiger partial charge in [-0.3, -0.25) is 0 Å². The Bertz CT molecular complexity index is 332. The lowest BCUT2D eigenvalue weighted by atomic mass is 10.2. The van der Waals surface area contributed by atoms with Crippen LogP contribution in [-0.4, -0.2) is 13.2 Å². The molecule has 0 radical (unpaired) electrons. The van der Waals surface area contributed by atoms with E-state index in [-0.39, 0.29) is 0 Å². The van der Waals surface area contributed by atoms with E-state index in [0.29, 0.717) is 0 Å². The Balaban J connectivity index is 2.71. The van der Waals surface area contributed by atoms with Crippen molar-refractivity contribution in [3.05, 3.63) is 26.6 Å². The lowest BCUT2D eigenvalue weighted by molar-refractivity contribution is 0.313. The van der Waals surface area contributed by atoms with Gasteiger partial charge in [-0.2, -0.15) is 0 Å². The van der Waals surface area contributed by atoms with Crippen LogP contribution in [0.4, 0.5) is 0 Å². The van der Waals surface area contributed by atoms with Crippen LogP contribution in [0, 0.1) is 0 Å². The van der Waals surface area contributed by atoms with E-state index in [4.69, 9.17) is 4.74 Å². The third kappa shape index (κ3) is 4.98. The molecule has 0 aromatic heterocycles. The molecule has 4 heteroatoms. The molecule has 0 saturated carbocycles. The van der Waals surface area contributed by atoms with E-state index < -0.39 is 0 Å². The Morgan fingerprint density at radius 3 is 2.29 bits per heavy atom. The molecule has 0 spiro atoms. The number of nitrogens with one attached hydrogen (secondary N) is 1. The molecule has 1 aromatic rings. The summed E-state index contributed by atoms with van der Waals surface area (Å²) in [4.78, 5) is 0. The van der Waals surface area contributed by atoms with Crippen molar-refractivity contribution in [3.8, 4) is 5.75 Å². The Hall–Kier alpha value is -0.0600. The molecule has 0 unspecified atom stereocenters. The van der Waals surface area contributed by atoms with Gasteiger partial charge in [0.2, 0.25) is 0 Å². The monoisotopic (exact) mass is 363 g/mol. The van der Waals surface area contributed by atoms with Crippen LogP contribution < -0.4 is 10.1 Å². The van der Waals surface area contributed by atoms with E-state index >= 15 is 0 Å². The lowest BCUT2D eigenvalue weighted by Gasteiger charge is -2.12. The number of benzene rings is 1. The molecule has 0 atom stereocenters. The lowest BCUT2D eigenvalue weighted by Crippen LogP contribution is -2.13. The van der Waals surface area contributed by atoms with Crippen LogP contribution in [0.15, 0.2) is 21.1 Å². The third-order valence-corrected chi connectivity index (χ3v) is 3.44. The van der Waals surface area contributed by atoms with Crippen molar-refractivity contribution in [1.82, 2.24) is 5.32 Å². The zero-order chi connectivity index (χ0) is 12.7. The standard InChI is InChI=1S/C13H19Br2NO/c1-3-5-16-9-10-7-11(14)13(12(15)8-10)17-6-4-2/h7-8,16H,3-6,9H2,1-2H3. The Morgan fingerprint density at radius 1 is 1.12 bits per heavy atom. The van der Waals surface area contributed by atoms with Gasteiger partial charge >= 0.3 is 0 Å². The first-order valence-corrected chi connectivity index (χ1v) is 7.59. The van der Waals surface area contributed by atoms with Gasteiger partial charge in [0.1, 0.15) is 5.75 Å². The molecule has 0 aliphatic rings. The van der Waals surface area contributed by atoms with E-state index in [9.17, 15) is 0 Å². The second-order valence-electron chi connectivity index (χ2n) is 3.91. The fraction of sp³-hybridized carbons (Fsp3) is 0.538. The molecule has 0 saturated heterocycles. The highest BCUT2D eigenvalue weighted by Crippen LogP contribution is 2.34. The van der Waals surface area contributed by atoms with Gasteiger partial charge < -0.3 is 10.1 Å². The topological polar surface area (TPSA) is 21.3 Å². The van der Waals surface area contributed by atoms with Crippen LogP contribution in [0.5, 0.6) is 5.75 Å². The zero-order valence-corrected chi connectivity index (χ0v) is 13.5. The van der Waals surface area contributed by atoms with Crippen LogP contribution in [0.3, 0.4) is 0 Å². The summed E-state index contributed by atoms with van der Waals surface area (Å²) in [5, 5.41) is 3.39. The van der Waals surface area contributed by atoms with Crippen LogP contribution in [-0.2, 0) is 6.54 Å². The molecule has 1 aromatic carbocycles. The Morgan fingerprint density at radius 2 is 1.76 bits per heavy atom.